The van der Waals surface area contributed by atoms with Crippen LogP contribution in [0.25, 0.3) is 0 Å². The second kappa shape index (κ2) is 6.92. The SMILES string of the molecule is CNC(CN1CCC(C)CC1)c1ccc(OC)cc1. The van der Waals surface area contributed by atoms with Crippen molar-refractivity contribution < 1.29 is 4.74 Å². The first-order chi connectivity index (χ1) is 9.22. The van der Waals surface area contributed by atoms with Gasteiger partial charge in [0, 0.05) is 12.6 Å². The molecule has 1 atom stereocenters. The molecule has 1 aromatic carbocycles. The highest BCUT2D eigenvalue weighted by Gasteiger charge is 2.19. The van der Waals surface area contributed by atoms with Crippen molar-refractivity contribution in [1.82, 2.24) is 10.2 Å². The Morgan fingerprint density at radius 1 is 1.26 bits per heavy atom. The predicted molar refractivity (Wildman–Crippen MR) is 79.6 cm³/mol. The fraction of sp³-hybridized carbons (Fsp3) is 0.625. The highest BCUT2D eigenvalue weighted by molar-refractivity contribution is 5.29. The number of rotatable bonds is 5. The second-order valence-electron chi connectivity index (χ2n) is 5.60. The smallest absolute Gasteiger partial charge is 0.118 e. The molecule has 0 radical (unpaired) electrons. The van der Waals surface area contributed by atoms with Crippen molar-refractivity contribution in [3.63, 3.8) is 0 Å². The first kappa shape index (κ1) is 14.4. The average molecular weight is 262 g/mol. The molecule has 1 saturated heterocycles. The molecular weight excluding hydrogens is 236 g/mol. The normalized spacial score (nSPS) is 19.3. The van der Waals surface area contributed by atoms with Gasteiger partial charge in [0.15, 0.2) is 0 Å². The third kappa shape index (κ3) is 3.95. The molecule has 0 amide bonds. The van der Waals surface area contributed by atoms with Crippen molar-refractivity contribution in [2.45, 2.75) is 25.8 Å². The molecule has 0 aromatic heterocycles. The molecule has 2 rings (SSSR count). The van der Waals surface area contributed by atoms with Gasteiger partial charge in [0.2, 0.25) is 0 Å². The van der Waals surface area contributed by atoms with Gasteiger partial charge in [-0.25, -0.2) is 0 Å². The van der Waals surface area contributed by atoms with Crippen LogP contribution >= 0.6 is 0 Å². The van der Waals surface area contributed by atoms with Crippen LogP contribution < -0.4 is 10.1 Å². The van der Waals surface area contributed by atoms with Crippen molar-refractivity contribution in [2.75, 3.05) is 33.8 Å². The molecule has 1 N–H and O–H groups in total. The summed E-state index contributed by atoms with van der Waals surface area (Å²) < 4.78 is 5.21. The molecule has 0 saturated carbocycles. The Bertz CT molecular complexity index is 369. The van der Waals surface area contributed by atoms with E-state index in [4.69, 9.17) is 4.74 Å². The zero-order valence-electron chi connectivity index (χ0n) is 12.4. The summed E-state index contributed by atoms with van der Waals surface area (Å²) in [5, 5.41) is 3.43. The Labute approximate surface area is 116 Å². The minimum atomic E-state index is 0.402. The molecule has 19 heavy (non-hydrogen) atoms. The Kier molecular flexibility index (Phi) is 5.23. The number of nitrogens with one attached hydrogen (secondary N) is 1. The summed E-state index contributed by atoms with van der Waals surface area (Å²) in [7, 11) is 3.75. The number of ether oxygens (including phenoxy) is 1. The van der Waals surface area contributed by atoms with Gasteiger partial charge >= 0.3 is 0 Å². The van der Waals surface area contributed by atoms with Gasteiger partial charge in [-0.1, -0.05) is 19.1 Å². The summed E-state index contributed by atoms with van der Waals surface area (Å²) >= 11 is 0. The van der Waals surface area contributed by atoms with Gasteiger partial charge in [-0.05, 0) is 56.6 Å². The summed E-state index contributed by atoms with van der Waals surface area (Å²) in [5.41, 5.74) is 1.34. The van der Waals surface area contributed by atoms with Gasteiger partial charge in [0.25, 0.3) is 0 Å². The maximum absolute atomic E-state index is 5.21. The van der Waals surface area contributed by atoms with Gasteiger partial charge in [-0.15, -0.1) is 0 Å². The molecule has 0 spiro atoms. The van der Waals surface area contributed by atoms with E-state index in [1.165, 1.54) is 31.5 Å². The molecule has 1 aliphatic rings. The Hall–Kier alpha value is -1.06. The Balaban J connectivity index is 1.95. The maximum Gasteiger partial charge on any atom is 0.118 e. The van der Waals surface area contributed by atoms with E-state index in [2.05, 4.69) is 29.3 Å². The lowest BCUT2D eigenvalue weighted by atomic mass is 9.98. The van der Waals surface area contributed by atoms with Crippen LogP contribution in [0.4, 0.5) is 0 Å². The fourth-order valence-corrected chi connectivity index (χ4v) is 2.70. The minimum absolute atomic E-state index is 0.402. The lowest BCUT2D eigenvalue weighted by molar-refractivity contribution is 0.177. The van der Waals surface area contributed by atoms with Gasteiger partial charge in [-0.3, -0.25) is 0 Å². The summed E-state index contributed by atoms with van der Waals surface area (Å²) in [6, 6.07) is 8.80. The molecule has 3 nitrogen and oxygen atoms in total. The molecule has 1 unspecified atom stereocenters. The van der Waals surface area contributed by atoms with Crippen LogP contribution in [0.1, 0.15) is 31.4 Å². The van der Waals surface area contributed by atoms with Crippen LogP contribution in [0.15, 0.2) is 24.3 Å². The maximum atomic E-state index is 5.21. The van der Waals surface area contributed by atoms with Crippen molar-refractivity contribution in [3.05, 3.63) is 29.8 Å². The number of hydrogen-bond donors (Lipinski definition) is 1. The lowest BCUT2D eigenvalue weighted by Gasteiger charge is -2.33. The van der Waals surface area contributed by atoms with Gasteiger partial charge in [0.1, 0.15) is 5.75 Å². The summed E-state index contributed by atoms with van der Waals surface area (Å²) in [4.78, 5) is 2.57. The molecule has 1 heterocycles. The summed E-state index contributed by atoms with van der Waals surface area (Å²) in [6.45, 7) is 5.91. The van der Waals surface area contributed by atoms with Crippen LogP contribution in [-0.4, -0.2) is 38.7 Å². The molecule has 0 bridgehead atoms. The third-order valence-electron chi connectivity index (χ3n) is 4.18. The highest BCUT2D eigenvalue weighted by Crippen LogP contribution is 2.21. The Morgan fingerprint density at radius 2 is 1.89 bits per heavy atom. The molecule has 1 fully saturated rings. The molecule has 106 valence electrons. The van der Waals surface area contributed by atoms with E-state index in [9.17, 15) is 0 Å². The van der Waals surface area contributed by atoms with E-state index < -0.39 is 0 Å². The van der Waals surface area contributed by atoms with Crippen LogP contribution in [-0.2, 0) is 0 Å². The number of nitrogens with zero attached hydrogens (tertiary/aromatic N) is 1. The van der Waals surface area contributed by atoms with Gasteiger partial charge in [-0.2, -0.15) is 0 Å². The van der Waals surface area contributed by atoms with E-state index in [-0.39, 0.29) is 0 Å². The highest BCUT2D eigenvalue weighted by atomic mass is 16.5. The van der Waals surface area contributed by atoms with Gasteiger partial charge < -0.3 is 15.0 Å². The molecule has 1 aliphatic heterocycles. The molecule has 0 aliphatic carbocycles. The first-order valence-electron chi connectivity index (χ1n) is 7.26. The summed E-state index contributed by atoms with van der Waals surface area (Å²) in [5.74, 6) is 1.82. The topological polar surface area (TPSA) is 24.5 Å². The monoisotopic (exact) mass is 262 g/mol. The first-order valence-corrected chi connectivity index (χ1v) is 7.26. The number of likely N-dealkylation sites (tertiary alicyclic amines) is 1. The number of piperidine rings is 1. The van der Waals surface area contributed by atoms with Crippen molar-refractivity contribution in [2.24, 2.45) is 5.92 Å². The molecule has 3 heteroatoms. The van der Waals surface area contributed by atoms with E-state index in [0.717, 1.165) is 18.2 Å². The van der Waals surface area contributed by atoms with E-state index in [1.54, 1.807) is 7.11 Å². The largest absolute Gasteiger partial charge is 0.497 e. The zero-order chi connectivity index (χ0) is 13.7. The fourth-order valence-electron chi connectivity index (χ4n) is 2.70. The quantitative estimate of drug-likeness (QED) is 0.883. The van der Waals surface area contributed by atoms with Crippen LogP contribution in [0.2, 0.25) is 0 Å². The summed E-state index contributed by atoms with van der Waals surface area (Å²) in [6.07, 6.45) is 2.66. The second-order valence-corrected chi connectivity index (χ2v) is 5.60. The van der Waals surface area contributed by atoms with Crippen LogP contribution in [0, 0.1) is 5.92 Å². The lowest BCUT2D eigenvalue weighted by Crippen LogP contribution is -2.38. The predicted octanol–water partition coefficient (Wildman–Crippen LogP) is 2.69. The zero-order valence-corrected chi connectivity index (χ0v) is 12.4. The van der Waals surface area contributed by atoms with Gasteiger partial charge in [0.05, 0.1) is 7.11 Å². The number of benzene rings is 1. The van der Waals surface area contributed by atoms with E-state index >= 15 is 0 Å². The van der Waals surface area contributed by atoms with E-state index in [0.29, 0.717) is 6.04 Å². The van der Waals surface area contributed by atoms with Crippen molar-refractivity contribution in [3.8, 4) is 5.75 Å². The van der Waals surface area contributed by atoms with Crippen LogP contribution in [0.3, 0.4) is 0 Å². The minimum Gasteiger partial charge on any atom is -0.497 e. The Morgan fingerprint density at radius 3 is 2.42 bits per heavy atom. The number of hydrogen-bond acceptors (Lipinski definition) is 3. The average Bonchev–Trinajstić information content (AvgIpc) is 2.47. The van der Waals surface area contributed by atoms with Crippen molar-refractivity contribution >= 4 is 0 Å². The number of likely N-dealkylation sites (N-methyl/N-ethyl adjacent to an activating group) is 1. The molecule has 1 aromatic rings. The van der Waals surface area contributed by atoms with Crippen molar-refractivity contribution in [1.29, 1.82) is 0 Å². The standard InChI is InChI=1S/C16H26N2O/c1-13-8-10-18(11-9-13)12-16(17-2)14-4-6-15(19-3)7-5-14/h4-7,13,16-17H,8-12H2,1-3H3. The van der Waals surface area contributed by atoms with E-state index in [1.807, 2.05) is 19.2 Å². The third-order valence-corrected chi connectivity index (χ3v) is 4.18. The molecular formula is C16H26N2O. The number of methoxy groups -OCH3 is 1. The van der Waals surface area contributed by atoms with Crippen LogP contribution in [0.5, 0.6) is 5.75 Å².